The van der Waals surface area contributed by atoms with Gasteiger partial charge < -0.3 is 4.90 Å². The first-order valence-electron chi connectivity index (χ1n) is 8.57. The molecule has 1 saturated heterocycles. The highest BCUT2D eigenvalue weighted by Gasteiger charge is 2.27. The number of H-pyrrole nitrogens is 1. The monoisotopic (exact) mass is 311 g/mol. The average molecular weight is 311 g/mol. The fourth-order valence-electron chi connectivity index (χ4n) is 3.57. The van der Waals surface area contributed by atoms with Gasteiger partial charge in [0.2, 0.25) is 0 Å². The number of benzene rings is 1. The summed E-state index contributed by atoms with van der Waals surface area (Å²) in [5.41, 5.74) is 4.42. The summed E-state index contributed by atoms with van der Waals surface area (Å²) in [4.78, 5) is 14.9. The van der Waals surface area contributed by atoms with E-state index in [-0.39, 0.29) is 5.91 Å². The van der Waals surface area contributed by atoms with Gasteiger partial charge in [-0.25, -0.2) is 0 Å². The van der Waals surface area contributed by atoms with Crippen LogP contribution in [0.3, 0.4) is 0 Å². The van der Waals surface area contributed by atoms with Crippen molar-refractivity contribution < 1.29 is 4.79 Å². The van der Waals surface area contributed by atoms with Crippen LogP contribution in [0.15, 0.2) is 30.5 Å². The topological polar surface area (TPSA) is 49.0 Å². The number of likely N-dealkylation sites (tertiary alicyclic amines) is 1. The molecular weight excluding hydrogens is 286 g/mol. The summed E-state index contributed by atoms with van der Waals surface area (Å²) in [5, 5.41) is 7.06. The van der Waals surface area contributed by atoms with Gasteiger partial charge >= 0.3 is 0 Å². The Kier molecular flexibility index (Phi) is 4.79. The molecule has 0 spiro atoms. The van der Waals surface area contributed by atoms with E-state index in [1.807, 2.05) is 4.90 Å². The fourth-order valence-corrected chi connectivity index (χ4v) is 3.57. The average Bonchev–Trinajstić information content (AvgIpc) is 3.03. The van der Waals surface area contributed by atoms with Gasteiger partial charge in [0.25, 0.3) is 5.91 Å². The lowest BCUT2D eigenvalue weighted by atomic mass is 9.88. The number of hydrogen-bond donors (Lipinski definition) is 1. The molecule has 122 valence electrons. The molecule has 2 aromatic rings. The molecule has 0 radical (unpaired) electrons. The fraction of sp³-hybridized carbons (Fsp3) is 0.474. The maximum Gasteiger partial charge on any atom is 0.257 e. The summed E-state index contributed by atoms with van der Waals surface area (Å²) >= 11 is 0. The van der Waals surface area contributed by atoms with Crippen molar-refractivity contribution in [3.8, 4) is 0 Å². The van der Waals surface area contributed by atoms with E-state index in [1.54, 1.807) is 6.20 Å². The van der Waals surface area contributed by atoms with E-state index in [0.29, 0.717) is 5.92 Å². The van der Waals surface area contributed by atoms with Crippen LogP contribution in [0.4, 0.5) is 0 Å². The SMILES string of the molecule is CCCc1[nH]ncc1C(=O)N1CCC[C@H](c2ccccc2C)C1. The zero-order valence-electron chi connectivity index (χ0n) is 14.0. The summed E-state index contributed by atoms with van der Waals surface area (Å²) in [6.45, 7) is 5.92. The van der Waals surface area contributed by atoms with Crippen molar-refractivity contribution in [2.45, 2.75) is 45.4 Å². The zero-order valence-corrected chi connectivity index (χ0v) is 14.0. The van der Waals surface area contributed by atoms with Crippen LogP contribution in [-0.2, 0) is 6.42 Å². The van der Waals surface area contributed by atoms with Crippen LogP contribution in [0.25, 0.3) is 0 Å². The molecule has 1 aliphatic rings. The van der Waals surface area contributed by atoms with Crippen LogP contribution in [0.1, 0.15) is 59.3 Å². The van der Waals surface area contributed by atoms with E-state index in [9.17, 15) is 4.79 Å². The first kappa shape index (κ1) is 15.8. The molecule has 1 aliphatic heterocycles. The van der Waals surface area contributed by atoms with Gasteiger partial charge in [-0.1, -0.05) is 37.6 Å². The van der Waals surface area contributed by atoms with Gasteiger partial charge in [0, 0.05) is 24.7 Å². The van der Waals surface area contributed by atoms with Gasteiger partial charge in [-0.15, -0.1) is 0 Å². The number of carbonyl (C=O) groups is 1. The first-order valence-corrected chi connectivity index (χ1v) is 8.57. The molecule has 1 aromatic heterocycles. The summed E-state index contributed by atoms with van der Waals surface area (Å²) in [7, 11) is 0. The summed E-state index contributed by atoms with van der Waals surface area (Å²) < 4.78 is 0. The van der Waals surface area contributed by atoms with Crippen molar-refractivity contribution in [2.24, 2.45) is 0 Å². The van der Waals surface area contributed by atoms with Crippen molar-refractivity contribution in [1.29, 1.82) is 0 Å². The number of aromatic amines is 1. The van der Waals surface area contributed by atoms with Crippen LogP contribution in [-0.4, -0.2) is 34.1 Å². The predicted molar refractivity (Wildman–Crippen MR) is 91.6 cm³/mol. The number of piperidine rings is 1. The van der Waals surface area contributed by atoms with E-state index >= 15 is 0 Å². The predicted octanol–water partition coefficient (Wildman–Crippen LogP) is 3.69. The highest BCUT2D eigenvalue weighted by molar-refractivity contribution is 5.95. The second-order valence-electron chi connectivity index (χ2n) is 6.46. The van der Waals surface area contributed by atoms with Crippen LogP contribution in [0.5, 0.6) is 0 Å². The molecule has 4 nitrogen and oxygen atoms in total. The summed E-state index contributed by atoms with van der Waals surface area (Å²) in [5.74, 6) is 0.566. The highest BCUT2D eigenvalue weighted by Crippen LogP contribution is 2.30. The van der Waals surface area contributed by atoms with Gasteiger partial charge in [0.1, 0.15) is 0 Å². The Morgan fingerprint density at radius 2 is 2.22 bits per heavy atom. The Bertz CT molecular complexity index is 677. The van der Waals surface area contributed by atoms with Crippen molar-refractivity contribution in [3.05, 3.63) is 52.8 Å². The third-order valence-electron chi connectivity index (χ3n) is 4.79. The minimum atomic E-state index is 0.125. The standard InChI is InChI=1S/C19H25N3O/c1-3-7-18-17(12-20-21-18)19(23)22-11-6-9-15(13-22)16-10-5-4-8-14(16)2/h4-5,8,10,12,15H,3,6-7,9,11,13H2,1-2H3,(H,20,21)/t15-/m0/s1. The quantitative estimate of drug-likeness (QED) is 0.936. The van der Waals surface area contributed by atoms with E-state index in [1.165, 1.54) is 11.1 Å². The Labute approximate surface area is 137 Å². The molecule has 2 heterocycles. The lowest BCUT2D eigenvalue weighted by Crippen LogP contribution is -2.39. The molecule has 0 aliphatic carbocycles. The van der Waals surface area contributed by atoms with Crippen LogP contribution in [0.2, 0.25) is 0 Å². The molecule has 1 fully saturated rings. The van der Waals surface area contributed by atoms with Crippen LogP contribution >= 0.6 is 0 Å². The van der Waals surface area contributed by atoms with Crippen molar-refractivity contribution >= 4 is 5.91 Å². The number of hydrogen-bond acceptors (Lipinski definition) is 2. The largest absolute Gasteiger partial charge is 0.338 e. The summed E-state index contributed by atoms with van der Waals surface area (Å²) in [6.07, 6.45) is 5.78. The molecule has 0 unspecified atom stereocenters. The minimum Gasteiger partial charge on any atom is -0.338 e. The molecule has 0 saturated carbocycles. The van der Waals surface area contributed by atoms with E-state index in [0.717, 1.165) is 50.0 Å². The maximum absolute atomic E-state index is 12.9. The smallest absolute Gasteiger partial charge is 0.257 e. The molecule has 3 rings (SSSR count). The van der Waals surface area contributed by atoms with Crippen LogP contribution < -0.4 is 0 Å². The second-order valence-corrected chi connectivity index (χ2v) is 6.46. The number of carbonyl (C=O) groups excluding carboxylic acids is 1. The van der Waals surface area contributed by atoms with E-state index < -0.39 is 0 Å². The normalized spacial score (nSPS) is 18.2. The number of aromatic nitrogens is 2. The van der Waals surface area contributed by atoms with Crippen LogP contribution in [0, 0.1) is 6.92 Å². The van der Waals surface area contributed by atoms with Crippen molar-refractivity contribution in [2.75, 3.05) is 13.1 Å². The Hall–Kier alpha value is -2.10. The maximum atomic E-state index is 12.9. The number of amides is 1. The molecule has 23 heavy (non-hydrogen) atoms. The van der Waals surface area contributed by atoms with Gasteiger partial charge in [-0.05, 0) is 37.3 Å². The van der Waals surface area contributed by atoms with Crippen molar-refractivity contribution in [1.82, 2.24) is 15.1 Å². The third kappa shape index (κ3) is 3.31. The Morgan fingerprint density at radius 1 is 1.39 bits per heavy atom. The number of nitrogens with zero attached hydrogens (tertiary/aromatic N) is 2. The van der Waals surface area contributed by atoms with Gasteiger partial charge in [-0.2, -0.15) is 5.10 Å². The second kappa shape index (κ2) is 6.99. The van der Waals surface area contributed by atoms with E-state index in [4.69, 9.17) is 0 Å². The minimum absolute atomic E-state index is 0.125. The molecule has 0 bridgehead atoms. The lowest BCUT2D eigenvalue weighted by molar-refractivity contribution is 0.0706. The Morgan fingerprint density at radius 3 is 3.00 bits per heavy atom. The molecule has 1 amide bonds. The molecule has 1 aromatic carbocycles. The lowest BCUT2D eigenvalue weighted by Gasteiger charge is -2.33. The van der Waals surface area contributed by atoms with Gasteiger partial charge in [-0.3, -0.25) is 9.89 Å². The summed E-state index contributed by atoms with van der Waals surface area (Å²) in [6, 6.07) is 8.53. The number of nitrogens with one attached hydrogen (secondary N) is 1. The zero-order chi connectivity index (χ0) is 16.2. The number of rotatable bonds is 4. The molecular formula is C19H25N3O. The molecule has 4 heteroatoms. The van der Waals surface area contributed by atoms with E-state index in [2.05, 4.69) is 48.3 Å². The van der Waals surface area contributed by atoms with Gasteiger partial charge in [0.05, 0.1) is 11.8 Å². The number of aryl methyl sites for hydroxylation is 2. The van der Waals surface area contributed by atoms with Crippen molar-refractivity contribution in [3.63, 3.8) is 0 Å². The third-order valence-corrected chi connectivity index (χ3v) is 4.79. The van der Waals surface area contributed by atoms with Gasteiger partial charge in [0.15, 0.2) is 0 Å². The molecule has 1 N–H and O–H groups in total. The molecule has 1 atom stereocenters. The first-order chi connectivity index (χ1) is 11.2. The highest BCUT2D eigenvalue weighted by atomic mass is 16.2. The Balaban J connectivity index is 1.77.